The number of aromatic nitrogens is 9. The van der Waals surface area contributed by atoms with Crippen LogP contribution in [0.15, 0.2) is 213 Å². The number of rotatable bonds is 10. The minimum Gasteiger partial charge on any atom is -0.264 e. The smallest absolute Gasteiger partial charge is 0.201 e. The van der Waals surface area contributed by atoms with E-state index in [0.29, 0.717) is 40.6 Å². The highest BCUT2D eigenvalue weighted by Gasteiger charge is 2.43. The van der Waals surface area contributed by atoms with Crippen LogP contribution in [0.1, 0.15) is 0 Å². The fourth-order valence-electron chi connectivity index (χ4n) is 7.66. The Morgan fingerprint density at radius 3 is 1.16 bits per heavy atom. The quantitative estimate of drug-likeness (QED) is 0.102. The van der Waals surface area contributed by atoms with Gasteiger partial charge in [0.25, 0.3) is 0 Å². The van der Waals surface area contributed by atoms with Gasteiger partial charge >= 0.3 is 0 Å². The van der Waals surface area contributed by atoms with Crippen molar-refractivity contribution < 1.29 is 0 Å². The van der Waals surface area contributed by atoms with Crippen LogP contribution in [0.25, 0.3) is 68.5 Å². The maximum absolute atomic E-state index is 5.57. The number of hydrogen-bond acceptors (Lipinski definition) is 9. The second-order valence-corrected chi connectivity index (χ2v) is 18.0. The second kappa shape index (κ2) is 16.6. The van der Waals surface area contributed by atoms with E-state index in [1.54, 1.807) is 24.8 Å². The van der Waals surface area contributed by atoms with Crippen LogP contribution < -0.4 is 20.9 Å². The van der Waals surface area contributed by atoms with E-state index < -0.39 is 8.07 Å². The molecule has 0 saturated carbocycles. The van der Waals surface area contributed by atoms with Gasteiger partial charge in [0.1, 0.15) is 5.69 Å². The Kier molecular flexibility index (Phi) is 10.1. The first-order valence-electron chi connectivity index (χ1n) is 19.9. The van der Waals surface area contributed by atoms with Gasteiger partial charge in [0.05, 0.1) is 0 Å². The molecule has 61 heavy (non-hydrogen) atoms. The summed E-state index contributed by atoms with van der Waals surface area (Å²) in [6.45, 7) is 0. The molecule has 0 saturated heterocycles. The van der Waals surface area contributed by atoms with Crippen molar-refractivity contribution in [3.8, 4) is 68.5 Å². The van der Waals surface area contributed by atoms with E-state index in [4.69, 9.17) is 34.9 Å². The molecular formula is C51H35N9Si. The van der Waals surface area contributed by atoms with Gasteiger partial charge in [-0.3, -0.25) is 15.0 Å². The maximum Gasteiger partial charge on any atom is 0.201 e. The second-order valence-electron chi connectivity index (χ2n) is 14.3. The summed E-state index contributed by atoms with van der Waals surface area (Å²) in [5.41, 5.74) is 4.85. The van der Waals surface area contributed by atoms with Crippen molar-refractivity contribution >= 4 is 29.0 Å². The van der Waals surface area contributed by atoms with E-state index in [1.807, 2.05) is 91.0 Å². The number of hydrogen-bond donors (Lipinski definition) is 0. The largest absolute Gasteiger partial charge is 0.264 e. The van der Waals surface area contributed by atoms with Gasteiger partial charge in [0.2, 0.25) is 8.07 Å². The number of nitrogens with zero attached hydrogens (tertiary/aromatic N) is 9. The molecule has 0 bridgehead atoms. The molecule has 5 heterocycles. The molecule has 0 radical (unpaired) electrons. The molecule has 10 aromatic rings. The topological polar surface area (TPSA) is 116 Å². The van der Waals surface area contributed by atoms with Crippen LogP contribution in [0.4, 0.5) is 0 Å². The van der Waals surface area contributed by atoms with Gasteiger partial charge in [0.15, 0.2) is 34.9 Å². The van der Waals surface area contributed by atoms with Crippen molar-refractivity contribution in [1.29, 1.82) is 0 Å². The zero-order chi connectivity index (χ0) is 40.9. The molecule has 5 aromatic carbocycles. The lowest BCUT2D eigenvalue weighted by atomic mass is 10.1. The van der Waals surface area contributed by atoms with Gasteiger partial charge in [0, 0.05) is 57.9 Å². The predicted molar refractivity (Wildman–Crippen MR) is 243 cm³/mol. The summed E-state index contributed by atoms with van der Waals surface area (Å²) < 4.78 is 0. The molecule has 0 spiro atoms. The third-order valence-electron chi connectivity index (χ3n) is 10.5. The van der Waals surface area contributed by atoms with E-state index in [2.05, 4.69) is 107 Å². The standard InChI is InChI=1S/C51H35N9Si/c1-5-17-36(18-6-1)46-55-48(58-49(56-46)39-22-15-31-52-34-39)38-21-13-28-43(33-38)61(41-24-9-3-10-25-41,42-26-11-4-12-27-42)45-30-14-29-44(54-45)51-59-47(37-19-7-2-8-20-37)57-50(60-51)40-23-16-32-53-35-40/h1-35H. The normalized spacial score (nSPS) is 11.3. The van der Waals surface area contributed by atoms with Crippen molar-refractivity contribution in [2.45, 2.75) is 0 Å². The first-order chi connectivity index (χ1) is 30.2. The van der Waals surface area contributed by atoms with E-state index in [-0.39, 0.29) is 0 Å². The highest BCUT2D eigenvalue weighted by Crippen LogP contribution is 2.26. The zero-order valence-electron chi connectivity index (χ0n) is 32.7. The highest BCUT2D eigenvalue weighted by atomic mass is 28.3. The lowest BCUT2D eigenvalue weighted by Gasteiger charge is -2.33. The monoisotopic (exact) mass is 801 g/mol. The third-order valence-corrected chi connectivity index (χ3v) is 15.1. The van der Waals surface area contributed by atoms with Crippen molar-refractivity contribution in [2.75, 3.05) is 0 Å². The lowest BCUT2D eigenvalue weighted by molar-refractivity contribution is 1.06. The summed E-state index contributed by atoms with van der Waals surface area (Å²) in [7, 11) is -3.21. The molecule has 0 aliphatic carbocycles. The minimum atomic E-state index is -3.21. The first-order valence-corrected chi connectivity index (χ1v) is 21.9. The molecule has 288 valence electrons. The molecule has 0 atom stereocenters. The average molecular weight is 802 g/mol. The van der Waals surface area contributed by atoms with Gasteiger partial charge in [-0.2, -0.15) is 0 Å². The summed E-state index contributed by atoms with van der Waals surface area (Å²) in [5.74, 6) is 3.22. The molecular weight excluding hydrogens is 767 g/mol. The van der Waals surface area contributed by atoms with E-state index in [1.165, 1.54) is 0 Å². The Bertz CT molecular complexity index is 2740. The Balaban J connectivity index is 1.20. The minimum absolute atomic E-state index is 0.467. The van der Waals surface area contributed by atoms with E-state index in [0.717, 1.165) is 48.7 Å². The Labute approximate surface area is 353 Å². The van der Waals surface area contributed by atoms with Gasteiger partial charge in [-0.25, -0.2) is 29.9 Å². The van der Waals surface area contributed by atoms with Crippen LogP contribution in [-0.4, -0.2) is 52.9 Å². The average Bonchev–Trinajstić information content (AvgIpc) is 3.36. The molecule has 10 rings (SSSR count). The Morgan fingerprint density at radius 2 is 0.672 bits per heavy atom. The van der Waals surface area contributed by atoms with Crippen LogP contribution >= 0.6 is 0 Å². The predicted octanol–water partition coefficient (Wildman–Crippen LogP) is 7.62. The van der Waals surface area contributed by atoms with Crippen LogP contribution in [0, 0.1) is 0 Å². The number of pyridine rings is 3. The first kappa shape index (κ1) is 37.1. The van der Waals surface area contributed by atoms with Crippen LogP contribution in [0.5, 0.6) is 0 Å². The fraction of sp³-hybridized carbons (Fsp3) is 0. The molecule has 0 aliphatic heterocycles. The molecule has 0 amide bonds. The molecule has 0 unspecified atom stereocenters. The summed E-state index contributed by atoms with van der Waals surface area (Å²) in [6, 6.07) is 63.8. The Morgan fingerprint density at radius 1 is 0.279 bits per heavy atom. The molecule has 10 heteroatoms. The van der Waals surface area contributed by atoms with Gasteiger partial charge in [-0.05, 0) is 52.0 Å². The maximum atomic E-state index is 5.57. The molecule has 0 aliphatic rings. The summed E-state index contributed by atoms with van der Waals surface area (Å²) in [5, 5.41) is 4.35. The van der Waals surface area contributed by atoms with Crippen molar-refractivity contribution in [2.24, 2.45) is 0 Å². The van der Waals surface area contributed by atoms with Gasteiger partial charge < -0.3 is 0 Å². The van der Waals surface area contributed by atoms with Gasteiger partial charge in [-0.15, -0.1) is 0 Å². The molecule has 9 nitrogen and oxygen atoms in total. The summed E-state index contributed by atoms with van der Waals surface area (Å²) in [4.78, 5) is 44.3. The van der Waals surface area contributed by atoms with Crippen LogP contribution in [0.2, 0.25) is 0 Å². The third kappa shape index (κ3) is 7.39. The van der Waals surface area contributed by atoms with E-state index in [9.17, 15) is 0 Å². The van der Waals surface area contributed by atoms with E-state index >= 15 is 0 Å². The number of benzene rings is 5. The van der Waals surface area contributed by atoms with Crippen LogP contribution in [-0.2, 0) is 0 Å². The van der Waals surface area contributed by atoms with Crippen LogP contribution in [0.3, 0.4) is 0 Å². The SMILES string of the molecule is c1ccc(-c2nc(-c3cccnc3)nc(-c3cccc([Si](c4ccccc4)(c4ccccc4)c4cccc(-c5nc(-c6ccccc6)nc(-c6cccnc6)n5)n4)c3)n2)cc1. The molecule has 0 N–H and O–H groups in total. The molecule has 5 aromatic heterocycles. The summed E-state index contributed by atoms with van der Waals surface area (Å²) in [6.07, 6.45) is 7.03. The Hall–Kier alpha value is -8.21. The van der Waals surface area contributed by atoms with Crippen molar-refractivity contribution in [3.05, 3.63) is 213 Å². The zero-order valence-corrected chi connectivity index (χ0v) is 33.7. The van der Waals surface area contributed by atoms with Crippen molar-refractivity contribution in [1.82, 2.24) is 44.9 Å². The molecule has 0 fully saturated rings. The highest BCUT2D eigenvalue weighted by molar-refractivity contribution is 7.19. The van der Waals surface area contributed by atoms with Gasteiger partial charge in [-0.1, -0.05) is 152 Å². The fourth-order valence-corrected chi connectivity index (χ4v) is 12.3. The summed E-state index contributed by atoms with van der Waals surface area (Å²) >= 11 is 0. The lowest BCUT2D eigenvalue weighted by Crippen LogP contribution is -2.75. The van der Waals surface area contributed by atoms with Crippen molar-refractivity contribution in [3.63, 3.8) is 0 Å².